The van der Waals surface area contributed by atoms with Gasteiger partial charge in [-0.2, -0.15) is 0 Å². The number of halogens is 2. The number of nitrogens with one attached hydrogen (secondary N) is 1. The summed E-state index contributed by atoms with van der Waals surface area (Å²) in [6, 6.07) is 2.02. The van der Waals surface area contributed by atoms with Gasteiger partial charge in [-0.05, 0) is 50.3 Å². The Hall–Kier alpha value is 0.0300. The van der Waals surface area contributed by atoms with Crippen LogP contribution in [-0.2, 0) is 11.3 Å². The average molecular weight is 350 g/mol. The molecular formula is C11H14Br2N2O. The van der Waals surface area contributed by atoms with Gasteiger partial charge in [0.05, 0.1) is 12.3 Å². The molecule has 1 N–H and O–H groups in total. The van der Waals surface area contributed by atoms with Crippen LogP contribution in [0, 0.1) is 5.92 Å². The topological polar surface area (TPSA) is 34.2 Å². The van der Waals surface area contributed by atoms with Crippen LogP contribution in [0.1, 0.15) is 12.1 Å². The Balaban J connectivity index is 1.80. The molecule has 0 spiro atoms. The molecule has 1 unspecified atom stereocenters. The van der Waals surface area contributed by atoms with E-state index in [0.717, 1.165) is 40.9 Å². The summed E-state index contributed by atoms with van der Waals surface area (Å²) in [6.07, 6.45) is 2.99. The summed E-state index contributed by atoms with van der Waals surface area (Å²) >= 11 is 6.89. The van der Waals surface area contributed by atoms with Crippen molar-refractivity contribution in [1.82, 2.24) is 10.3 Å². The molecule has 1 aliphatic heterocycles. The van der Waals surface area contributed by atoms with E-state index in [0.29, 0.717) is 5.92 Å². The van der Waals surface area contributed by atoms with Crippen molar-refractivity contribution >= 4 is 31.9 Å². The monoisotopic (exact) mass is 348 g/mol. The van der Waals surface area contributed by atoms with Gasteiger partial charge in [0, 0.05) is 34.8 Å². The largest absolute Gasteiger partial charge is 0.381 e. The number of hydrogen-bond donors (Lipinski definition) is 1. The van der Waals surface area contributed by atoms with Crippen LogP contribution in [0.2, 0.25) is 0 Å². The van der Waals surface area contributed by atoms with Crippen LogP contribution in [0.3, 0.4) is 0 Å². The average Bonchev–Trinajstić information content (AvgIpc) is 2.74. The maximum absolute atomic E-state index is 5.33. The molecule has 0 radical (unpaired) electrons. The quantitative estimate of drug-likeness (QED) is 0.907. The molecule has 0 amide bonds. The van der Waals surface area contributed by atoms with E-state index in [1.54, 1.807) is 0 Å². The first-order chi connectivity index (χ1) is 7.75. The molecule has 1 aromatic rings. The number of rotatable bonds is 4. The first-order valence-electron chi connectivity index (χ1n) is 5.34. The van der Waals surface area contributed by atoms with Crippen molar-refractivity contribution in [3.8, 4) is 0 Å². The van der Waals surface area contributed by atoms with Crippen molar-refractivity contribution in [2.24, 2.45) is 5.92 Å². The zero-order chi connectivity index (χ0) is 11.4. The lowest BCUT2D eigenvalue weighted by Gasteiger charge is -2.09. The molecule has 2 rings (SSSR count). The zero-order valence-corrected chi connectivity index (χ0v) is 12.1. The van der Waals surface area contributed by atoms with Crippen molar-refractivity contribution in [3.63, 3.8) is 0 Å². The van der Waals surface area contributed by atoms with Gasteiger partial charge < -0.3 is 10.1 Å². The summed E-state index contributed by atoms with van der Waals surface area (Å²) in [5, 5.41) is 3.42. The number of ether oxygens (including phenoxy) is 1. The van der Waals surface area contributed by atoms with Gasteiger partial charge in [0.1, 0.15) is 0 Å². The smallest absolute Gasteiger partial charge is 0.0684 e. The van der Waals surface area contributed by atoms with Crippen molar-refractivity contribution in [2.45, 2.75) is 13.0 Å². The van der Waals surface area contributed by atoms with Gasteiger partial charge in [-0.1, -0.05) is 0 Å². The number of nitrogens with zero attached hydrogens (tertiary/aromatic N) is 1. The van der Waals surface area contributed by atoms with Gasteiger partial charge in [0.15, 0.2) is 0 Å². The van der Waals surface area contributed by atoms with Gasteiger partial charge >= 0.3 is 0 Å². The molecule has 88 valence electrons. The van der Waals surface area contributed by atoms with E-state index in [2.05, 4.69) is 42.2 Å². The summed E-state index contributed by atoms with van der Waals surface area (Å²) in [7, 11) is 0. The predicted octanol–water partition coefficient (Wildman–Crippen LogP) is 2.73. The summed E-state index contributed by atoms with van der Waals surface area (Å²) < 4.78 is 7.36. The second kappa shape index (κ2) is 6.10. The van der Waals surface area contributed by atoms with E-state index in [9.17, 15) is 0 Å². The summed E-state index contributed by atoms with van der Waals surface area (Å²) in [6.45, 7) is 3.60. The highest BCUT2D eigenvalue weighted by atomic mass is 79.9. The Labute approximate surface area is 112 Å². The molecule has 0 aromatic carbocycles. The molecule has 0 saturated carbocycles. The highest BCUT2D eigenvalue weighted by molar-refractivity contribution is 9.11. The molecule has 0 aliphatic carbocycles. The SMILES string of the molecule is Brc1cnc(CNCC2CCOC2)c(Br)c1. The molecule has 1 saturated heterocycles. The second-order valence-electron chi connectivity index (χ2n) is 3.94. The molecule has 1 aliphatic rings. The summed E-state index contributed by atoms with van der Waals surface area (Å²) in [5.74, 6) is 0.661. The van der Waals surface area contributed by atoms with Crippen LogP contribution < -0.4 is 5.32 Å². The van der Waals surface area contributed by atoms with E-state index in [1.807, 2.05) is 12.3 Å². The Morgan fingerprint density at radius 2 is 2.38 bits per heavy atom. The minimum atomic E-state index is 0.661. The van der Waals surface area contributed by atoms with Crippen molar-refractivity contribution < 1.29 is 4.74 Å². The maximum atomic E-state index is 5.33. The third kappa shape index (κ3) is 3.52. The van der Waals surface area contributed by atoms with Crippen LogP contribution in [0.5, 0.6) is 0 Å². The van der Waals surface area contributed by atoms with Crippen molar-refractivity contribution in [2.75, 3.05) is 19.8 Å². The predicted molar refractivity (Wildman–Crippen MR) is 70.3 cm³/mol. The van der Waals surface area contributed by atoms with Crippen LogP contribution in [0.15, 0.2) is 21.2 Å². The molecule has 16 heavy (non-hydrogen) atoms. The highest BCUT2D eigenvalue weighted by Crippen LogP contribution is 2.19. The first-order valence-corrected chi connectivity index (χ1v) is 6.92. The molecule has 1 fully saturated rings. The third-order valence-corrected chi connectivity index (χ3v) is 3.75. The van der Waals surface area contributed by atoms with E-state index in [-0.39, 0.29) is 0 Å². The van der Waals surface area contributed by atoms with E-state index in [4.69, 9.17) is 4.74 Å². The first kappa shape index (κ1) is 12.5. The van der Waals surface area contributed by atoms with E-state index >= 15 is 0 Å². The molecule has 1 aromatic heterocycles. The van der Waals surface area contributed by atoms with Crippen LogP contribution in [0.25, 0.3) is 0 Å². The second-order valence-corrected chi connectivity index (χ2v) is 5.71. The number of pyridine rings is 1. The summed E-state index contributed by atoms with van der Waals surface area (Å²) in [5.41, 5.74) is 1.04. The van der Waals surface area contributed by atoms with Crippen LogP contribution >= 0.6 is 31.9 Å². The van der Waals surface area contributed by atoms with E-state index in [1.165, 1.54) is 6.42 Å². The van der Waals surface area contributed by atoms with Gasteiger partial charge in [0.2, 0.25) is 0 Å². The number of hydrogen-bond acceptors (Lipinski definition) is 3. The highest BCUT2D eigenvalue weighted by Gasteiger charge is 2.14. The van der Waals surface area contributed by atoms with Gasteiger partial charge in [0.25, 0.3) is 0 Å². The maximum Gasteiger partial charge on any atom is 0.0684 e. The molecule has 0 bridgehead atoms. The van der Waals surface area contributed by atoms with Crippen LogP contribution in [0.4, 0.5) is 0 Å². The van der Waals surface area contributed by atoms with Gasteiger partial charge in [-0.15, -0.1) is 0 Å². The Morgan fingerprint density at radius 3 is 3.06 bits per heavy atom. The van der Waals surface area contributed by atoms with Gasteiger partial charge in [-0.25, -0.2) is 0 Å². The molecule has 3 nitrogen and oxygen atoms in total. The standard InChI is InChI=1S/C11H14Br2N2O/c12-9-3-10(13)11(15-5-9)6-14-4-8-1-2-16-7-8/h3,5,8,14H,1-2,4,6-7H2. The zero-order valence-electron chi connectivity index (χ0n) is 8.88. The van der Waals surface area contributed by atoms with Crippen molar-refractivity contribution in [1.29, 1.82) is 0 Å². The molecule has 1 atom stereocenters. The Bertz CT molecular complexity index is 354. The third-order valence-electron chi connectivity index (χ3n) is 2.63. The minimum absolute atomic E-state index is 0.661. The normalized spacial score (nSPS) is 20.2. The van der Waals surface area contributed by atoms with Crippen molar-refractivity contribution in [3.05, 3.63) is 26.9 Å². The minimum Gasteiger partial charge on any atom is -0.381 e. The van der Waals surface area contributed by atoms with Crippen LogP contribution in [-0.4, -0.2) is 24.7 Å². The molecule has 5 heteroatoms. The lowest BCUT2D eigenvalue weighted by atomic mass is 10.1. The lowest BCUT2D eigenvalue weighted by Crippen LogP contribution is -2.23. The molecular weight excluding hydrogens is 336 g/mol. The fourth-order valence-corrected chi connectivity index (χ4v) is 2.84. The Morgan fingerprint density at radius 1 is 1.50 bits per heavy atom. The summed E-state index contributed by atoms with van der Waals surface area (Å²) in [4.78, 5) is 4.35. The van der Waals surface area contributed by atoms with Gasteiger partial charge in [-0.3, -0.25) is 4.98 Å². The fourth-order valence-electron chi connectivity index (χ4n) is 1.71. The van der Waals surface area contributed by atoms with E-state index < -0.39 is 0 Å². The Kier molecular flexibility index (Phi) is 4.76. The fraction of sp³-hybridized carbons (Fsp3) is 0.545. The number of aromatic nitrogens is 1. The lowest BCUT2D eigenvalue weighted by molar-refractivity contribution is 0.185. The molecule has 2 heterocycles.